The van der Waals surface area contributed by atoms with E-state index in [9.17, 15) is 0 Å². The van der Waals surface area contributed by atoms with Gasteiger partial charge in [0.25, 0.3) is 0 Å². The van der Waals surface area contributed by atoms with E-state index in [4.69, 9.17) is 39.5 Å². The average molecular weight is 396 g/mol. The Kier molecular flexibility index (Phi) is 5.48. The molecule has 2 N–H and O–H groups in total. The summed E-state index contributed by atoms with van der Waals surface area (Å²) in [4.78, 5) is 8.60. The topological polar surface area (TPSA) is 59.1 Å². The Morgan fingerprint density at radius 1 is 0.960 bits per heavy atom. The SMILES string of the molecule is COc1ccc(Cl)cc1Nc1nccc(Nc2c(Cl)cccc2Cl)n1. The van der Waals surface area contributed by atoms with Crippen LogP contribution in [-0.4, -0.2) is 17.1 Å². The summed E-state index contributed by atoms with van der Waals surface area (Å²) in [5, 5.41) is 7.74. The van der Waals surface area contributed by atoms with Crippen LogP contribution in [-0.2, 0) is 0 Å². The number of ether oxygens (including phenoxy) is 1. The minimum Gasteiger partial charge on any atom is -0.495 e. The average Bonchev–Trinajstić information content (AvgIpc) is 2.59. The number of hydrogen-bond donors (Lipinski definition) is 2. The molecule has 0 amide bonds. The van der Waals surface area contributed by atoms with Crippen molar-refractivity contribution >= 4 is 57.9 Å². The van der Waals surface area contributed by atoms with E-state index < -0.39 is 0 Å². The highest BCUT2D eigenvalue weighted by molar-refractivity contribution is 6.39. The molecule has 0 atom stereocenters. The van der Waals surface area contributed by atoms with Crippen molar-refractivity contribution in [3.8, 4) is 5.75 Å². The molecule has 0 fully saturated rings. The molecule has 1 heterocycles. The first-order valence-corrected chi connectivity index (χ1v) is 8.35. The van der Waals surface area contributed by atoms with E-state index in [1.807, 2.05) is 0 Å². The lowest BCUT2D eigenvalue weighted by Crippen LogP contribution is -2.02. The number of anilines is 4. The Bertz CT molecular complexity index is 885. The normalized spacial score (nSPS) is 10.4. The Morgan fingerprint density at radius 3 is 2.44 bits per heavy atom. The van der Waals surface area contributed by atoms with Gasteiger partial charge in [-0.05, 0) is 36.4 Å². The van der Waals surface area contributed by atoms with Gasteiger partial charge in [0.15, 0.2) is 0 Å². The van der Waals surface area contributed by atoms with Crippen LogP contribution >= 0.6 is 34.8 Å². The van der Waals surface area contributed by atoms with Crippen LogP contribution in [0.2, 0.25) is 15.1 Å². The third-order valence-electron chi connectivity index (χ3n) is 3.28. The molecule has 25 heavy (non-hydrogen) atoms. The smallest absolute Gasteiger partial charge is 0.229 e. The second-order valence-corrected chi connectivity index (χ2v) is 6.21. The maximum Gasteiger partial charge on any atom is 0.229 e. The van der Waals surface area contributed by atoms with Crippen molar-refractivity contribution in [3.63, 3.8) is 0 Å². The molecule has 0 saturated heterocycles. The van der Waals surface area contributed by atoms with Gasteiger partial charge in [0, 0.05) is 11.2 Å². The molecule has 3 aromatic rings. The molecule has 0 radical (unpaired) electrons. The number of rotatable bonds is 5. The Hall–Kier alpha value is -2.21. The van der Waals surface area contributed by atoms with Crippen LogP contribution in [0, 0.1) is 0 Å². The van der Waals surface area contributed by atoms with Gasteiger partial charge in [0.05, 0.1) is 28.5 Å². The molecule has 0 aliphatic carbocycles. The molecule has 0 unspecified atom stereocenters. The van der Waals surface area contributed by atoms with Crippen molar-refractivity contribution in [3.05, 3.63) is 63.7 Å². The van der Waals surface area contributed by atoms with Gasteiger partial charge in [-0.15, -0.1) is 0 Å². The van der Waals surface area contributed by atoms with E-state index in [0.29, 0.717) is 44.0 Å². The highest BCUT2D eigenvalue weighted by Gasteiger charge is 2.09. The van der Waals surface area contributed by atoms with Crippen molar-refractivity contribution in [1.82, 2.24) is 9.97 Å². The predicted octanol–water partition coefficient (Wildman–Crippen LogP) is 5.93. The number of benzene rings is 2. The van der Waals surface area contributed by atoms with Gasteiger partial charge in [-0.25, -0.2) is 4.98 Å². The lowest BCUT2D eigenvalue weighted by Gasteiger charge is -2.12. The number of para-hydroxylation sites is 1. The number of aromatic nitrogens is 2. The minimum atomic E-state index is 0.369. The molecule has 0 aliphatic heterocycles. The standard InChI is InChI=1S/C17H13Cl3N4O/c1-25-14-6-5-10(18)9-13(14)22-17-21-8-7-15(24-17)23-16-11(19)3-2-4-12(16)20/h2-9H,1H3,(H2,21,22,23,24). The Morgan fingerprint density at radius 2 is 1.72 bits per heavy atom. The van der Waals surface area contributed by atoms with Crippen LogP contribution < -0.4 is 15.4 Å². The number of nitrogens with one attached hydrogen (secondary N) is 2. The van der Waals surface area contributed by atoms with Crippen LogP contribution in [0.15, 0.2) is 48.7 Å². The summed E-state index contributed by atoms with van der Waals surface area (Å²) in [5.41, 5.74) is 1.23. The maximum atomic E-state index is 6.17. The fraction of sp³-hybridized carbons (Fsp3) is 0.0588. The fourth-order valence-corrected chi connectivity index (χ4v) is 2.80. The zero-order valence-electron chi connectivity index (χ0n) is 13.1. The highest BCUT2D eigenvalue weighted by Crippen LogP contribution is 2.33. The van der Waals surface area contributed by atoms with E-state index in [0.717, 1.165) is 0 Å². The molecule has 8 heteroatoms. The molecule has 2 aromatic carbocycles. The third kappa shape index (κ3) is 4.25. The van der Waals surface area contributed by atoms with Gasteiger partial charge < -0.3 is 15.4 Å². The minimum absolute atomic E-state index is 0.369. The summed E-state index contributed by atoms with van der Waals surface area (Å²) in [6.07, 6.45) is 1.61. The van der Waals surface area contributed by atoms with E-state index >= 15 is 0 Å². The second kappa shape index (κ2) is 7.78. The predicted molar refractivity (Wildman–Crippen MR) is 103 cm³/mol. The second-order valence-electron chi connectivity index (χ2n) is 4.96. The summed E-state index contributed by atoms with van der Waals surface area (Å²) >= 11 is 18.4. The molecule has 0 saturated carbocycles. The van der Waals surface area contributed by atoms with E-state index in [2.05, 4.69) is 20.6 Å². The Balaban J connectivity index is 1.86. The van der Waals surface area contributed by atoms with Gasteiger partial charge in [0.2, 0.25) is 5.95 Å². The molecule has 5 nitrogen and oxygen atoms in total. The third-order valence-corrected chi connectivity index (χ3v) is 4.14. The van der Waals surface area contributed by atoms with Crippen LogP contribution in [0.25, 0.3) is 0 Å². The lowest BCUT2D eigenvalue weighted by molar-refractivity contribution is 0.417. The molecule has 128 valence electrons. The van der Waals surface area contributed by atoms with Crippen molar-refractivity contribution < 1.29 is 4.74 Å². The highest BCUT2D eigenvalue weighted by atomic mass is 35.5. The maximum absolute atomic E-state index is 6.17. The molecule has 0 spiro atoms. The van der Waals surface area contributed by atoms with Crippen molar-refractivity contribution in [2.75, 3.05) is 17.7 Å². The number of methoxy groups -OCH3 is 1. The molecule has 3 rings (SSSR count). The summed E-state index contributed by atoms with van der Waals surface area (Å²) in [6, 6.07) is 12.2. The zero-order valence-corrected chi connectivity index (χ0v) is 15.3. The van der Waals surface area contributed by atoms with Crippen LogP contribution in [0.3, 0.4) is 0 Å². The number of halogens is 3. The van der Waals surface area contributed by atoms with E-state index in [-0.39, 0.29) is 0 Å². The lowest BCUT2D eigenvalue weighted by atomic mass is 10.3. The molecular formula is C17H13Cl3N4O. The summed E-state index contributed by atoms with van der Waals surface area (Å²) < 4.78 is 5.30. The van der Waals surface area contributed by atoms with Crippen molar-refractivity contribution in [2.45, 2.75) is 0 Å². The van der Waals surface area contributed by atoms with E-state index in [1.54, 1.807) is 55.8 Å². The monoisotopic (exact) mass is 394 g/mol. The fourth-order valence-electron chi connectivity index (χ4n) is 2.13. The van der Waals surface area contributed by atoms with Crippen molar-refractivity contribution in [2.24, 2.45) is 0 Å². The van der Waals surface area contributed by atoms with Crippen LogP contribution in [0.4, 0.5) is 23.1 Å². The van der Waals surface area contributed by atoms with Gasteiger partial charge in [0.1, 0.15) is 11.6 Å². The summed E-state index contributed by atoms with van der Waals surface area (Å²) in [6.45, 7) is 0. The van der Waals surface area contributed by atoms with Gasteiger partial charge in [-0.3, -0.25) is 0 Å². The largest absolute Gasteiger partial charge is 0.495 e. The van der Waals surface area contributed by atoms with Gasteiger partial charge in [-0.1, -0.05) is 40.9 Å². The molecular weight excluding hydrogens is 383 g/mol. The molecule has 0 aliphatic rings. The first kappa shape index (κ1) is 17.6. The summed E-state index contributed by atoms with van der Waals surface area (Å²) in [5.74, 6) is 1.53. The van der Waals surface area contributed by atoms with Crippen molar-refractivity contribution in [1.29, 1.82) is 0 Å². The van der Waals surface area contributed by atoms with Crippen LogP contribution in [0.5, 0.6) is 5.75 Å². The summed E-state index contributed by atoms with van der Waals surface area (Å²) in [7, 11) is 1.58. The molecule has 0 bridgehead atoms. The van der Waals surface area contributed by atoms with Gasteiger partial charge in [-0.2, -0.15) is 4.98 Å². The Labute approximate surface area is 159 Å². The first-order valence-electron chi connectivity index (χ1n) is 7.21. The van der Waals surface area contributed by atoms with E-state index in [1.165, 1.54) is 0 Å². The van der Waals surface area contributed by atoms with Gasteiger partial charge >= 0.3 is 0 Å². The zero-order chi connectivity index (χ0) is 17.8. The number of nitrogens with zero attached hydrogens (tertiary/aromatic N) is 2. The first-order chi connectivity index (χ1) is 12.1. The van der Waals surface area contributed by atoms with Crippen LogP contribution in [0.1, 0.15) is 0 Å². The number of hydrogen-bond acceptors (Lipinski definition) is 5. The molecule has 1 aromatic heterocycles. The quantitative estimate of drug-likeness (QED) is 0.560.